The van der Waals surface area contributed by atoms with Crippen molar-refractivity contribution in [3.8, 4) is 0 Å². The van der Waals surface area contributed by atoms with Gasteiger partial charge in [-0.05, 0) is 25.5 Å². The van der Waals surface area contributed by atoms with Gasteiger partial charge in [-0.3, -0.25) is 9.69 Å². The first-order valence-corrected chi connectivity index (χ1v) is 7.98. The first-order valence-electron chi connectivity index (χ1n) is 7.98. The zero-order chi connectivity index (χ0) is 15.4. The van der Waals surface area contributed by atoms with Gasteiger partial charge in [-0.1, -0.05) is 0 Å². The van der Waals surface area contributed by atoms with Gasteiger partial charge in [0.05, 0.1) is 19.8 Å². The van der Waals surface area contributed by atoms with Gasteiger partial charge in [0.2, 0.25) is 0 Å². The highest BCUT2D eigenvalue weighted by atomic mass is 16.5. The van der Waals surface area contributed by atoms with Gasteiger partial charge in [0, 0.05) is 38.2 Å². The Bertz CT molecular complexity index is 490. The van der Waals surface area contributed by atoms with Crippen LogP contribution in [0, 0.1) is 12.8 Å². The summed E-state index contributed by atoms with van der Waals surface area (Å²) < 4.78 is 16.3. The standard InChI is InChI=1S/C16H24N2O4/c1-12-2-3-15(22-12)16(19)17-10-14(13-4-7-21-11-13)18-5-8-20-9-6-18/h2-3,13-14H,4-11H2,1H3,(H,17,19)/t13-,14+/m0/s1. The minimum Gasteiger partial charge on any atom is -0.456 e. The molecule has 2 saturated heterocycles. The smallest absolute Gasteiger partial charge is 0.287 e. The van der Waals surface area contributed by atoms with Crippen LogP contribution in [0.2, 0.25) is 0 Å². The van der Waals surface area contributed by atoms with Crippen molar-refractivity contribution in [2.24, 2.45) is 5.92 Å². The fourth-order valence-corrected chi connectivity index (χ4v) is 3.20. The minimum absolute atomic E-state index is 0.148. The summed E-state index contributed by atoms with van der Waals surface area (Å²) >= 11 is 0. The number of rotatable bonds is 5. The summed E-state index contributed by atoms with van der Waals surface area (Å²) in [5, 5.41) is 3.02. The van der Waals surface area contributed by atoms with E-state index < -0.39 is 0 Å². The molecule has 2 fully saturated rings. The number of aryl methyl sites for hydroxylation is 1. The average molecular weight is 308 g/mol. The Morgan fingerprint density at radius 1 is 1.32 bits per heavy atom. The van der Waals surface area contributed by atoms with E-state index in [2.05, 4.69) is 10.2 Å². The Morgan fingerprint density at radius 2 is 2.14 bits per heavy atom. The van der Waals surface area contributed by atoms with E-state index >= 15 is 0 Å². The Kier molecular flexibility index (Phi) is 5.12. The molecule has 0 aromatic carbocycles. The first-order chi connectivity index (χ1) is 10.7. The molecule has 1 aromatic rings. The van der Waals surface area contributed by atoms with E-state index in [-0.39, 0.29) is 5.91 Å². The predicted octanol–water partition coefficient (Wildman–Crippen LogP) is 1.06. The van der Waals surface area contributed by atoms with Crippen molar-refractivity contribution >= 4 is 5.91 Å². The van der Waals surface area contributed by atoms with Gasteiger partial charge in [0.15, 0.2) is 5.76 Å². The zero-order valence-corrected chi connectivity index (χ0v) is 13.0. The predicted molar refractivity (Wildman–Crippen MR) is 80.9 cm³/mol. The van der Waals surface area contributed by atoms with Gasteiger partial charge in [-0.15, -0.1) is 0 Å². The Hall–Kier alpha value is -1.37. The number of nitrogens with one attached hydrogen (secondary N) is 1. The van der Waals surface area contributed by atoms with Crippen molar-refractivity contribution < 1.29 is 18.7 Å². The lowest BCUT2D eigenvalue weighted by molar-refractivity contribution is 0.00160. The molecule has 3 heterocycles. The molecule has 1 N–H and O–H groups in total. The largest absolute Gasteiger partial charge is 0.456 e. The number of furan rings is 1. The van der Waals surface area contributed by atoms with Crippen LogP contribution in [0.25, 0.3) is 0 Å². The average Bonchev–Trinajstić information content (AvgIpc) is 3.20. The highest BCUT2D eigenvalue weighted by Gasteiger charge is 2.31. The van der Waals surface area contributed by atoms with Crippen LogP contribution in [-0.2, 0) is 9.47 Å². The summed E-state index contributed by atoms with van der Waals surface area (Å²) in [7, 11) is 0. The van der Waals surface area contributed by atoms with Crippen LogP contribution in [-0.4, -0.2) is 62.9 Å². The lowest BCUT2D eigenvalue weighted by atomic mass is 9.97. The third-order valence-corrected chi connectivity index (χ3v) is 4.46. The van der Waals surface area contributed by atoms with Crippen LogP contribution < -0.4 is 5.32 Å². The molecule has 0 unspecified atom stereocenters. The van der Waals surface area contributed by atoms with Crippen molar-refractivity contribution in [2.45, 2.75) is 19.4 Å². The summed E-state index contributed by atoms with van der Waals surface area (Å²) in [5.41, 5.74) is 0. The molecule has 6 nitrogen and oxygen atoms in total. The Labute approximate surface area is 130 Å². The van der Waals surface area contributed by atoms with E-state index in [1.165, 1.54) is 0 Å². The van der Waals surface area contributed by atoms with Crippen LogP contribution in [0.1, 0.15) is 22.7 Å². The lowest BCUT2D eigenvalue weighted by Crippen LogP contribution is -2.52. The second-order valence-corrected chi connectivity index (χ2v) is 5.96. The molecule has 0 radical (unpaired) electrons. The second-order valence-electron chi connectivity index (χ2n) is 5.96. The zero-order valence-electron chi connectivity index (χ0n) is 13.0. The van der Waals surface area contributed by atoms with Crippen molar-refractivity contribution in [1.82, 2.24) is 10.2 Å². The summed E-state index contributed by atoms with van der Waals surface area (Å²) in [4.78, 5) is 14.6. The molecule has 3 rings (SSSR count). The topological polar surface area (TPSA) is 63.9 Å². The number of carbonyl (C=O) groups is 1. The van der Waals surface area contributed by atoms with E-state index in [0.717, 1.165) is 51.7 Å². The lowest BCUT2D eigenvalue weighted by Gasteiger charge is -2.37. The quantitative estimate of drug-likeness (QED) is 0.881. The van der Waals surface area contributed by atoms with Gasteiger partial charge in [-0.25, -0.2) is 0 Å². The van der Waals surface area contributed by atoms with Gasteiger partial charge >= 0.3 is 0 Å². The fraction of sp³-hybridized carbons (Fsp3) is 0.688. The summed E-state index contributed by atoms with van der Waals surface area (Å²) in [6.45, 7) is 7.39. The molecular weight excluding hydrogens is 284 g/mol. The van der Waals surface area contributed by atoms with Crippen molar-refractivity contribution in [3.05, 3.63) is 23.7 Å². The highest BCUT2D eigenvalue weighted by Crippen LogP contribution is 2.22. The number of morpholine rings is 1. The molecule has 122 valence electrons. The summed E-state index contributed by atoms with van der Waals surface area (Å²) in [5.74, 6) is 1.45. The van der Waals surface area contributed by atoms with Crippen molar-refractivity contribution in [1.29, 1.82) is 0 Å². The van der Waals surface area contributed by atoms with E-state index in [1.807, 2.05) is 6.92 Å². The summed E-state index contributed by atoms with van der Waals surface area (Å²) in [6.07, 6.45) is 1.05. The molecule has 2 atom stereocenters. The van der Waals surface area contributed by atoms with Gasteiger partial charge in [0.25, 0.3) is 5.91 Å². The van der Waals surface area contributed by atoms with Crippen molar-refractivity contribution in [2.75, 3.05) is 46.1 Å². The molecule has 1 aromatic heterocycles. The normalized spacial score (nSPS) is 24.3. The van der Waals surface area contributed by atoms with Crippen LogP contribution in [0.15, 0.2) is 16.5 Å². The second kappa shape index (κ2) is 7.26. The molecule has 22 heavy (non-hydrogen) atoms. The summed E-state index contributed by atoms with van der Waals surface area (Å²) in [6, 6.07) is 3.82. The highest BCUT2D eigenvalue weighted by molar-refractivity contribution is 5.91. The first kappa shape index (κ1) is 15.5. The number of amides is 1. The molecule has 0 bridgehead atoms. The number of carbonyl (C=O) groups excluding carboxylic acids is 1. The Balaban J connectivity index is 1.60. The molecule has 0 aliphatic carbocycles. The van der Waals surface area contributed by atoms with E-state index in [0.29, 0.717) is 24.3 Å². The molecular formula is C16H24N2O4. The number of ether oxygens (including phenoxy) is 2. The fourth-order valence-electron chi connectivity index (χ4n) is 3.20. The van der Waals surface area contributed by atoms with Crippen LogP contribution >= 0.6 is 0 Å². The van der Waals surface area contributed by atoms with E-state index in [1.54, 1.807) is 12.1 Å². The molecule has 2 aliphatic heterocycles. The molecule has 0 spiro atoms. The van der Waals surface area contributed by atoms with Crippen LogP contribution in [0.3, 0.4) is 0 Å². The number of nitrogens with zero attached hydrogens (tertiary/aromatic N) is 1. The van der Waals surface area contributed by atoms with Gasteiger partial charge in [-0.2, -0.15) is 0 Å². The number of hydrogen-bond acceptors (Lipinski definition) is 5. The third-order valence-electron chi connectivity index (χ3n) is 4.46. The van der Waals surface area contributed by atoms with E-state index in [4.69, 9.17) is 13.9 Å². The monoisotopic (exact) mass is 308 g/mol. The SMILES string of the molecule is Cc1ccc(C(=O)NC[C@H]([C@H]2CCOC2)N2CCOCC2)o1. The van der Waals surface area contributed by atoms with Crippen molar-refractivity contribution in [3.63, 3.8) is 0 Å². The molecule has 6 heteroatoms. The maximum Gasteiger partial charge on any atom is 0.287 e. The van der Waals surface area contributed by atoms with Gasteiger partial charge in [0.1, 0.15) is 5.76 Å². The maximum absolute atomic E-state index is 12.2. The third kappa shape index (κ3) is 3.69. The van der Waals surface area contributed by atoms with Gasteiger partial charge < -0.3 is 19.2 Å². The van der Waals surface area contributed by atoms with Crippen LogP contribution in [0.5, 0.6) is 0 Å². The maximum atomic E-state index is 12.2. The molecule has 0 saturated carbocycles. The molecule has 1 amide bonds. The number of hydrogen-bond donors (Lipinski definition) is 1. The molecule has 2 aliphatic rings. The van der Waals surface area contributed by atoms with Crippen LogP contribution in [0.4, 0.5) is 0 Å². The Morgan fingerprint density at radius 3 is 2.77 bits per heavy atom. The minimum atomic E-state index is -0.148. The van der Waals surface area contributed by atoms with E-state index in [9.17, 15) is 4.79 Å².